The summed E-state index contributed by atoms with van der Waals surface area (Å²) >= 11 is 7.59. The van der Waals surface area contributed by atoms with Gasteiger partial charge in [0.15, 0.2) is 0 Å². The van der Waals surface area contributed by atoms with Crippen LogP contribution in [0.4, 0.5) is 10.5 Å². The van der Waals surface area contributed by atoms with Gasteiger partial charge in [0.25, 0.3) is 5.56 Å². The molecule has 0 saturated carbocycles. The van der Waals surface area contributed by atoms with E-state index in [0.717, 1.165) is 10.3 Å². The van der Waals surface area contributed by atoms with E-state index < -0.39 is 0 Å². The molecule has 0 aliphatic rings. The maximum Gasteiger partial charge on any atom is 0.322 e. The van der Waals surface area contributed by atoms with Gasteiger partial charge in [-0.05, 0) is 53.9 Å². The Hall–Kier alpha value is -3.29. The minimum Gasteiger partial charge on any atom is -0.497 e. The molecule has 0 saturated heterocycles. The molecule has 4 rings (SSSR count). The van der Waals surface area contributed by atoms with Crippen LogP contribution in [0.5, 0.6) is 5.75 Å². The highest BCUT2D eigenvalue weighted by molar-refractivity contribution is 7.09. The van der Waals surface area contributed by atoms with Gasteiger partial charge in [-0.2, -0.15) is 0 Å². The molecule has 158 valence electrons. The Morgan fingerprint density at radius 3 is 2.74 bits per heavy atom. The first-order valence-corrected chi connectivity index (χ1v) is 10.8. The fourth-order valence-electron chi connectivity index (χ4n) is 3.24. The van der Waals surface area contributed by atoms with Crippen LogP contribution in [-0.4, -0.2) is 23.0 Å². The third-order valence-corrected chi connectivity index (χ3v) is 5.88. The summed E-state index contributed by atoms with van der Waals surface area (Å²) in [4.78, 5) is 31.3. The lowest BCUT2D eigenvalue weighted by molar-refractivity contribution is 0.207. The van der Waals surface area contributed by atoms with E-state index >= 15 is 0 Å². The van der Waals surface area contributed by atoms with Crippen LogP contribution < -0.4 is 15.6 Å². The molecule has 0 atom stereocenters. The smallest absolute Gasteiger partial charge is 0.322 e. The third-order valence-electron chi connectivity index (χ3n) is 4.78. The van der Waals surface area contributed by atoms with Gasteiger partial charge in [-0.15, -0.1) is 11.3 Å². The average molecular weight is 454 g/mol. The van der Waals surface area contributed by atoms with Crippen LogP contribution in [-0.2, 0) is 13.1 Å². The predicted octanol–water partition coefficient (Wildman–Crippen LogP) is 5.49. The number of anilines is 1. The number of hydrogen-bond acceptors (Lipinski definition) is 4. The Morgan fingerprint density at radius 2 is 2.00 bits per heavy atom. The van der Waals surface area contributed by atoms with Gasteiger partial charge >= 0.3 is 6.03 Å². The molecule has 4 aromatic rings. The van der Waals surface area contributed by atoms with Gasteiger partial charge in [0, 0.05) is 32.1 Å². The van der Waals surface area contributed by atoms with Crippen molar-refractivity contribution in [2.75, 3.05) is 12.4 Å². The first-order valence-electron chi connectivity index (χ1n) is 9.55. The van der Waals surface area contributed by atoms with E-state index in [0.29, 0.717) is 34.1 Å². The topological polar surface area (TPSA) is 74.4 Å². The monoisotopic (exact) mass is 453 g/mol. The van der Waals surface area contributed by atoms with Crippen molar-refractivity contribution in [3.05, 3.63) is 91.9 Å². The number of amides is 2. The molecule has 0 bridgehead atoms. The molecule has 6 nitrogen and oxygen atoms in total. The van der Waals surface area contributed by atoms with Gasteiger partial charge in [-0.1, -0.05) is 23.7 Å². The highest BCUT2D eigenvalue weighted by atomic mass is 35.5. The van der Waals surface area contributed by atoms with Crippen LogP contribution in [0.3, 0.4) is 0 Å². The number of aromatic amines is 1. The fourth-order valence-corrected chi connectivity index (χ4v) is 4.15. The molecular formula is C23H20ClN3O3S. The van der Waals surface area contributed by atoms with Crippen LogP contribution >= 0.6 is 22.9 Å². The van der Waals surface area contributed by atoms with E-state index in [9.17, 15) is 9.59 Å². The van der Waals surface area contributed by atoms with Crippen molar-refractivity contribution in [1.82, 2.24) is 9.88 Å². The molecule has 31 heavy (non-hydrogen) atoms. The number of fused-ring (bicyclic) bond motifs is 1. The molecular weight excluding hydrogens is 434 g/mol. The number of halogens is 1. The molecule has 2 heterocycles. The average Bonchev–Trinajstić information content (AvgIpc) is 3.26. The number of benzene rings is 2. The second-order valence-corrected chi connectivity index (χ2v) is 8.42. The van der Waals surface area contributed by atoms with Crippen molar-refractivity contribution in [2.24, 2.45) is 0 Å². The van der Waals surface area contributed by atoms with Crippen molar-refractivity contribution in [2.45, 2.75) is 13.1 Å². The zero-order chi connectivity index (χ0) is 21.8. The summed E-state index contributed by atoms with van der Waals surface area (Å²) < 4.78 is 5.28. The van der Waals surface area contributed by atoms with Crippen molar-refractivity contribution >= 4 is 45.6 Å². The summed E-state index contributed by atoms with van der Waals surface area (Å²) in [5.74, 6) is 0.694. The number of aromatic nitrogens is 1. The maximum absolute atomic E-state index is 13.1. The predicted molar refractivity (Wildman–Crippen MR) is 125 cm³/mol. The number of pyridine rings is 1. The van der Waals surface area contributed by atoms with Crippen LogP contribution in [0.1, 0.15) is 10.4 Å². The lowest BCUT2D eigenvalue weighted by atomic mass is 10.1. The molecule has 0 radical (unpaired) electrons. The van der Waals surface area contributed by atoms with E-state index in [1.165, 1.54) is 0 Å². The number of nitrogens with zero attached hydrogens (tertiary/aromatic N) is 1. The zero-order valence-electron chi connectivity index (χ0n) is 16.7. The van der Waals surface area contributed by atoms with Gasteiger partial charge in [-0.25, -0.2) is 4.79 Å². The lowest BCUT2D eigenvalue weighted by Crippen LogP contribution is -2.35. The van der Waals surface area contributed by atoms with Crippen molar-refractivity contribution in [3.8, 4) is 5.75 Å². The maximum atomic E-state index is 13.1. The van der Waals surface area contributed by atoms with Crippen LogP contribution in [0.2, 0.25) is 5.02 Å². The number of H-pyrrole nitrogens is 1. The Balaban J connectivity index is 1.64. The van der Waals surface area contributed by atoms with E-state index in [-0.39, 0.29) is 18.1 Å². The molecule has 2 amide bonds. The highest BCUT2D eigenvalue weighted by Crippen LogP contribution is 2.21. The molecule has 2 N–H and O–H groups in total. The molecule has 0 aliphatic heterocycles. The van der Waals surface area contributed by atoms with Gasteiger partial charge in [0.2, 0.25) is 0 Å². The van der Waals surface area contributed by atoms with Crippen molar-refractivity contribution in [3.63, 3.8) is 0 Å². The van der Waals surface area contributed by atoms with E-state index in [1.54, 1.807) is 65.8 Å². The second kappa shape index (κ2) is 9.24. The number of urea groups is 1. The van der Waals surface area contributed by atoms with E-state index in [1.807, 2.05) is 23.6 Å². The summed E-state index contributed by atoms with van der Waals surface area (Å²) in [5.41, 5.74) is 1.55. The second-order valence-electron chi connectivity index (χ2n) is 6.95. The number of hydrogen-bond donors (Lipinski definition) is 2. The SMILES string of the molecule is COc1ccc2[nH]c(=O)c(CN(Cc3cccs3)C(=O)Nc3cccc(Cl)c3)cc2c1. The summed E-state index contributed by atoms with van der Waals surface area (Å²) in [6.07, 6.45) is 0. The molecule has 0 fully saturated rings. The third kappa shape index (κ3) is 5.07. The first-order chi connectivity index (χ1) is 15.0. The summed E-state index contributed by atoms with van der Waals surface area (Å²) in [6.45, 7) is 0.520. The number of nitrogens with one attached hydrogen (secondary N) is 2. The molecule has 8 heteroatoms. The normalized spacial score (nSPS) is 10.8. The largest absolute Gasteiger partial charge is 0.497 e. The van der Waals surface area contributed by atoms with Gasteiger partial charge in [0.1, 0.15) is 5.75 Å². The van der Waals surface area contributed by atoms with E-state index in [4.69, 9.17) is 16.3 Å². The summed E-state index contributed by atoms with van der Waals surface area (Å²) in [5, 5.41) is 6.18. The first kappa shape index (κ1) is 21.0. The zero-order valence-corrected chi connectivity index (χ0v) is 18.3. The van der Waals surface area contributed by atoms with Crippen molar-refractivity contribution in [1.29, 1.82) is 0 Å². The minimum atomic E-state index is -0.319. The molecule has 2 aromatic carbocycles. The fraction of sp³-hybridized carbons (Fsp3) is 0.130. The minimum absolute atomic E-state index is 0.146. The number of methoxy groups -OCH3 is 1. The van der Waals surface area contributed by atoms with Gasteiger partial charge < -0.3 is 19.9 Å². The van der Waals surface area contributed by atoms with Crippen LogP contribution in [0.25, 0.3) is 10.9 Å². The Morgan fingerprint density at radius 1 is 1.13 bits per heavy atom. The number of ether oxygens (including phenoxy) is 1. The standard InChI is InChI=1S/C23H20ClN3O3S/c1-30-19-7-8-21-15(11-19)10-16(22(28)26-21)13-27(14-20-6-3-9-31-20)23(29)25-18-5-2-4-17(24)12-18/h2-12H,13-14H2,1H3,(H,25,29)(H,26,28). The molecule has 0 unspecified atom stereocenters. The highest BCUT2D eigenvalue weighted by Gasteiger charge is 2.18. The lowest BCUT2D eigenvalue weighted by Gasteiger charge is -2.23. The Kier molecular flexibility index (Phi) is 6.25. The summed E-state index contributed by atoms with van der Waals surface area (Å²) in [7, 11) is 1.59. The number of carbonyl (C=O) groups is 1. The molecule has 0 spiro atoms. The summed E-state index contributed by atoms with van der Waals surface area (Å²) in [6, 6.07) is 17.8. The van der Waals surface area contributed by atoms with Gasteiger partial charge in [0.05, 0.1) is 20.2 Å². The van der Waals surface area contributed by atoms with Crippen LogP contribution in [0.15, 0.2) is 70.8 Å². The van der Waals surface area contributed by atoms with Crippen molar-refractivity contribution < 1.29 is 9.53 Å². The Labute approximate surface area is 188 Å². The van der Waals surface area contributed by atoms with E-state index in [2.05, 4.69) is 10.3 Å². The number of rotatable bonds is 6. The number of carbonyl (C=O) groups excluding carboxylic acids is 1. The quantitative estimate of drug-likeness (QED) is 0.405. The molecule has 2 aromatic heterocycles. The Bertz CT molecular complexity index is 1270. The van der Waals surface area contributed by atoms with Crippen LogP contribution in [0, 0.1) is 0 Å². The van der Waals surface area contributed by atoms with Gasteiger partial charge in [-0.3, -0.25) is 4.79 Å². The number of thiophene rings is 1. The molecule has 0 aliphatic carbocycles.